The van der Waals surface area contributed by atoms with Crippen molar-refractivity contribution in [3.8, 4) is 6.07 Å². The molecule has 0 saturated heterocycles. The van der Waals surface area contributed by atoms with Crippen LogP contribution < -0.4 is 5.32 Å². The number of nitrogens with zero attached hydrogens (tertiary/aromatic N) is 1. The van der Waals surface area contributed by atoms with Gasteiger partial charge in [0.05, 0.1) is 11.5 Å². The van der Waals surface area contributed by atoms with E-state index in [0.29, 0.717) is 6.04 Å². The maximum Gasteiger partial charge on any atom is 0.0852 e. The van der Waals surface area contributed by atoms with Gasteiger partial charge in [-0.2, -0.15) is 5.26 Å². The van der Waals surface area contributed by atoms with Crippen molar-refractivity contribution in [1.29, 1.82) is 5.26 Å². The van der Waals surface area contributed by atoms with Gasteiger partial charge in [0, 0.05) is 6.04 Å². The van der Waals surface area contributed by atoms with E-state index in [1.807, 2.05) is 18.2 Å². The van der Waals surface area contributed by atoms with Gasteiger partial charge in [0.25, 0.3) is 0 Å². The van der Waals surface area contributed by atoms with Crippen LogP contribution in [-0.2, 0) is 5.41 Å². The summed E-state index contributed by atoms with van der Waals surface area (Å²) in [5.41, 5.74) is 0.971. The van der Waals surface area contributed by atoms with Crippen LogP contribution in [0.1, 0.15) is 44.1 Å². The van der Waals surface area contributed by atoms with E-state index in [4.69, 9.17) is 0 Å². The second kappa shape index (κ2) is 5.14. The summed E-state index contributed by atoms with van der Waals surface area (Å²) in [6.07, 6.45) is 7.85. The third kappa shape index (κ3) is 2.28. The largest absolute Gasteiger partial charge is 0.314 e. The quantitative estimate of drug-likeness (QED) is 0.914. The highest BCUT2D eigenvalue weighted by atomic mass is 14.9. The first kappa shape index (κ1) is 13.3. The summed E-state index contributed by atoms with van der Waals surface area (Å²) in [6, 6.07) is 13.5. The molecule has 0 radical (unpaired) electrons. The first-order valence-electron chi connectivity index (χ1n) is 8.49. The molecule has 0 amide bonds. The fourth-order valence-electron chi connectivity index (χ4n) is 5.02. The summed E-state index contributed by atoms with van der Waals surface area (Å²) in [6.45, 7) is 1.18. The highest BCUT2D eigenvalue weighted by molar-refractivity contribution is 5.36. The van der Waals surface area contributed by atoms with Crippen LogP contribution in [0.5, 0.6) is 0 Å². The molecule has 0 heterocycles. The fraction of sp³-hybridized carbons (Fsp3) is 0.632. The minimum absolute atomic E-state index is 0.229. The van der Waals surface area contributed by atoms with Crippen LogP contribution in [0, 0.1) is 29.1 Å². The molecule has 0 spiro atoms. The molecule has 2 bridgehead atoms. The Labute approximate surface area is 127 Å². The van der Waals surface area contributed by atoms with Crippen LogP contribution in [0.3, 0.4) is 0 Å². The Balaban J connectivity index is 1.31. The molecule has 0 aliphatic heterocycles. The minimum atomic E-state index is -0.229. The van der Waals surface area contributed by atoms with Gasteiger partial charge in [-0.15, -0.1) is 0 Å². The number of nitrogens with one attached hydrogen (secondary N) is 1. The number of nitriles is 1. The van der Waals surface area contributed by atoms with Gasteiger partial charge in [-0.05, 0) is 62.0 Å². The fourth-order valence-corrected chi connectivity index (χ4v) is 5.02. The zero-order valence-corrected chi connectivity index (χ0v) is 12.6. The molecule has 3 aliphatic carbocycles. The van der Waals surface area contributed by atoms with Crippen molar-refractivity contribution in [2.45, 2.75) is 50.0 Å². The SMILES string of the molecule is N#CC1(c2ccccc2)CC(NCC2CC3CCC2C3)C1. The molecule has 3 atom stereocenters. The minimum Gasteiger partial charge on any atom is -0.314 e. The van der Waals surface area contributed by atoms with E-state index in [1.165, 1.54) is 37.8 Å². The second-order valence-electron chi connectivity index (χ2n) is 7.51. The molecule has 110 valence electrons. The molecule has 3 saturated carbocycles. The third-order valence-corrected chi connectivity index (χ3v) is 6.28. The maximum absolute atomic E-state index is 9.60. The van der Waals surface area contributed by atoms with E-state index in [-0.39, 0.29) is 5.41 Å². The highest BCUT2D eigenvalue weighted by Gasteiger charge is 2.46. The molecule has 3 unspecified atom stereocenters. The number of benzene rings is 1. The average molecular weight is 280 g/mol. The first-order chi connectivity index (χ1) is 10.3. The third-order valence-electron chi connectivity index (χ3n) is 6.28. The van der Waals surface area contributed by atoms with E-state index in [0.717, 1.165) is 30.6 Å². The van der Waals surface area contributed by atoms with Gasteiger partial charge in [0.1, 0.15) is 0 Å². The normalized spacial score (nSPS) is 40.7. The zero-order chi connectivity index (χ0) is 14.3. The Morgan fingerprint density at radius 1 is 1.14 bits per heavy atom. The predicted molar refractivity (Wildman–Crippen MR) is 83.7 cm³/mol. The maximum atomic E-state index is 9.60. The van der Waals surface area contributed by atoms with Crippen molar-refractivity contribution in [1.82, 2.24) is 5.32 Å². The van der Waals surface area contributed by atoms with Crippen molar-refractivity contribution < 1.29 is 0 Å². The molecule has 3 aliphatic rings. The van der Waals surface area contributed by atoms with Gasteiger partial charge in [-0.3, -0.25) is 0 Å². The summed E-state index contributed by atoms with van der Waals surface area (Å²) in [5.74, 6) is 2.95. The van der Waals surface area contributed by atoms with E-state index < -0.39 is 0 Å². The van der Waals surface area contributed by atoms with Gasteiger partial charge in [0.15, 0.2) is 0 Å². The van der Waals surface area contributed by atoms with E-state index in [2.05, 4.69) is 23.5 Å². The van der Waals surface area contributed by atoms with Gasteiger partial charge in [0.2, 0.25) is 0 Å². The highest BCUT2D eigenvalue weighted by Crippen LogP contribution is 2.48. The topological polar surface area (TPSA) is 35.8 Å². The molecular formula is C19H24N2. The van der Waals surface area contributed by atoms with Gasteiger partial charge < -0.3 is 5.32 Å². The average Bonchev–Trinajstić information content (AvgIpc) is 3.10. The second-order valence-corrected chi connectivity index (χ2v) is 7.51. The Hall–Kier alpha value is -1.33. The van der Waals surface area contributed by atoms with E-state index in [1.54, 1.807) is 0 Å². The Kier molecular flexibility index (Phi) is 3.27. The van der Waals surface area contributed by atoms with Crippen LogP contribution in [-0.4, -0.2) is 12.6 Å². The molecule has 4 rings (SSSR count). The smallest absolute Gasteiger partial charge is 0.0852 e. The number of fused-ring (bicyclic) bond motifs is 2. The predicted octanol–water partition coefficient (Wildman–Crippen LogP) is 3.64. The summed E-state index contributed by atoms with van der Waals surface area (Å²) in [4.78, 5) is 0. The Bertz CT molecular complexity index is 538. The van der Waals surface area contributed by atoms with Crippen molar-refractivity contribution >= 4 is 0 Å². The van der Waals surface area contributed by atoms with Gasteiger partial charge >= 0.3 is 0 Å². The van der Waals surface area contributed by atoms with Crippen molar-refractivity contribution in [2.75, 3.05) is 6.54 Å². The lowest BCUT2D eigenvalue weighted by molar-refractivity contribution is 0.205. The Morgan fingerprint density at radius 2 is 1.95 bits per heavy atom. The van der Waals surface area contributed by atoms with E-state index in [9.17, 15) is 5.26 Å². The molecule has 1 aromatic rings. The molecule has 2 nitrogen and oxygen atoms in total. The standard InChI is InChI=1S/C19H24N2/c20-13-19(17-4-2-1-3-5-17)10-18(11-19)21-12-16-9-14-6-7-15(16)8-14/h1-5,14-16,18,21H,6-12H2. The van der Waals surface area contributed by atoms with Crippen LogP contribution >= 0.6 is 0 Å². The van der Waals surface area contributed by atoms with Gasteiger partial charge in [-0.1, -0.05) is 36.8 Å². The lowest BCUT2D eigenvalue weighted by atomic mass is 9.62. The lowest BCUT2D eigenvalue weighted by Crippen LogP contribution is -2.52. The molecular weight excluding hydrogens is 256 g/mol. The molecule has 3 fully saturated rings. The summed E-state index contributed by atoms with van der Waals surface area (Å²) in [7, 11) is 0. The van der Waals surface area contributed by atoms with Crippen LogP contribution in [0.15, 0.2) is 30.3 Å². The van der Waals surface area contributed by atoms with Crippen molar-refractivity contribution in [2.24, 2.45) is 17.8 Å². The van der Waals surface area contributed by atoms with Crippen LogP contribution in [0.2, 0.25) is 0 Å². The summed E-state index contributed by atoms with van der Waals surface area (Å²) in [5, 5.41) is 13.3. The molecule has 1 aromatic carbocycles. The molecule has 21 heavy (non-hydrogen) atoms. The molecule has 0 aromatic heterocycles. The van der Waals surface area contributed by atoms with Crippen molar-refractivity contribution in [3.63, 3.8) is 0 Å². The van der Waals surface area contributed by atoms with Gasteiger partial charge in [-0.25, -0.2) is 0 Å². The summed E-state index contributed by atoms with van der Waals surface area (Å²) < 4.78 is 0. The molecule has 2 heteroatoms. The number of hydrogen-bond acceptors (Lipinski definition) is 2. The lowest BCUT2D eigenvalue weighted by Gasteiger charge is -2.44. The number of rotatable bonds is 4. The first-order valence-corrected chi connectivity index (χ1v) is 8.49. The van der Waals surface area contributed by atoms with Crippen LogP contribution in [0.25, 0.3) is 0 Å². The summed E-state index contributed by atoms with van der Waals surface area (Å²) >= 11 is 0. The monoisotopic (exact) mass is 280 g/mol. The van der Waals surface area contributed by atoms with Crippen molar-refractivity contribution in [3.05, 3.63) is 35.9 Å². The van der Waals surface area contributed by atoms with Crippen LogP contribution in [0.4, 0.5) is 0 Å². The Morgan fingerprint density at radius 3 is 2.57 bits per heavy atom. The number of hydrogen-bond donors (Lipinski definition) is 1. The zero-order valence-electron chi connectivity index (χ0n) is 12.6. The molecule has 1 N–H and O–H groups in total. The van der Waals surface area contributed by atoms with E-state index >= 15 is 0 Å².